The zero-order valence-corrected chi connectivity index (χ0v) is 15.2. The van der Waals surface area contributed by atoms with Crippen LogP contribution in [-0.2, 0) is 0 Å². The highest BCUT2D eigenvalue weighted by molar-refractivity contribution is 6.03. The number of hydrogen-bond acceptors (Lipinski definition) is 2. The first-order valence-electron chi connectivity index (χ1n) is 9.36. The van der Waals surface area contributed by atoms with Crippen LogP contribution < -0.4 is 0 Å². The maximum Gasteiger partial charge on any atom is 0.337 e. The molecule has 4 fully saturated rings. The van der Waals surface area contributed by atoms with Crippen LogP contribution in [0.1, 0.15) is 72.2 Å². The van der Waals surface area contributed by atoms with E-state index in [0.29, 0.717) is 11.5 Å². The van der Waals surface area contributed by atoms with E-state index in [9.17, 15) is 19.8 Å². The summed E-state index contributed by atoms with van der Waals surface area (Å²) in [4.78, 5) is 23.1. The number of carboxylic acids is 2. The number of benzene rings is 1. The Labute approximate surface area is 153 Å². The van der Waals surface area contributed by atoms with Crippen molar-refractivity contribution in [3.05, 3.63) is 34.9 Å². The molecular weight excluding hydrogens is 328 g/mol. The van der Waals surface area contributed by atoms with E-state index in [4.69, 9.17) is 0 Å². The van der Waals surface area contributed by atoms with Gasteiger partial charge >= 0.3 is 11.9 Å². The van der Waals surface area contributed by atoms with Crippen LogP contribution >= 0.6 is 0 Å². The summed E-state index contributed by atoms with van der Waals surface area (Å²) in [5.74, 6) is 6.28. The maximum atomic E-state index is 11.7. The fourth-order valence-corrected chi connectivity index (χ4v) is 5.99. The van der Waals surface area contributed by atoms with E-state index in [-0.39, 0.29) is 22.0 Å². The Morgan fingerprint density at radius 3 is 2.27 bits per heavy atom. The molecule has 4 aliphatic rings. The van der Waals surface area contributed by atoms with Gasteiger partial charge in [-0.05, 0) is 67.4 Å². The van der Waals surface area contributed by atoms with Gasteiger partial charge in [-0.2, -0.15) is 0 Å². The Bertz CT molecular complexity index is 841. The van der Waals surface area contributed by atoms with Gasteiger partial charge in [-0.25, -0.2) is 9.59 Å². The Morgan fingerprint density at radius 2 is 1.69 bits per heavy atom. The lowest BCUT2D eigenvalue weighted by Gasteiger charge is -2.64. The first-order chi connectivity index (χ1) is 12.2. The molecule has 0 radical (unpaired) electrons. The Morgan fingerprint density at radius 1 is 1.04 bits per heavy atom. The molecule has 4 bridgehead atoms. The van der Waals surface area contributed by atoms with Gasteiger partial charge in [0.05, 0.1) is 11.1 Å². The van der Waals surface area contributed by atoms with E-state index in [0.717, 1.165) is 24.7 Å². The van der Waals surface area contributed by atoms with Gasteiger partial charge in [-0.15, -0.1) is 0 Å². The van der Waals surface area contributed by atoms with Crippen LogP contribution in [0.5, 0.6) is 0 Å². The number of rotatable bonds is 2. The second-order valence-electron chi connectivity index (χ2n) is 8.94. The molecule has 1 aromatic rings. The van der Waals surface area contributed by atoms with Crippen LogP contribution in [0.3, 0.4) is 0 Å². The van der Waals surface area contributed by atoms with Crippen molar-refractivity contribution in [2.24, 2.45) is 28.6 Å². The average Bonchev–Trinajstić information content (AvgIpc) is 2.57. The van der Waals surface area contributed by atoms with Crippen molar-refractivity contribution in [3.63, 3.8) is 0 Å². The molecule has 136 valence electrons. The summed E-state index contributed by atoms with van der Waals surface area (Å²) in [6, 6.07) is 4.52. The first kappa shape index (κ1) is 17.1. The standard InChI is InChI=1S/C22H24O4/c1-21(2)16-9-13-8-14(10-16)12-22(21,11-13)7-6-15-4-3-5-17(19(23)24)18(15)20(25)26/h3-5,13-14,16H,8-12H2,1-2H3,(H,23,24)(H,25,26). The lowest BCUT2D eigenvalue weighted by molar-refractivity contribution is -0.127. The minimum atomic E-state index is -1.24. The monoisotopic (exact) mass is 352 g/mol. The van der Waals surface area contributed by atoms with Crippen LogP contribution in [0.4, 0.5) is 0 Å². The molecule has 0 aromatic heterocycles. The minimum Gasteiger partial charge on any atom is -0.478 e. The SMILES string of the molecule is CC1(C)C2CC3CC(C2)CC1(C#Cc1cccc(C(=O)O)c1C(=O)O)C3. The van der Waals surface area contributed by atoms with Crippen molar-refractivity contribution >= 4 is 11.9 Å². The number of carbonyl (C=O) groups is 2. The van der Waals surface area contributed by atoms with Crippen molar-refractivity contribution in [2.75, 3.05) is 0 Å². The Hall–Kier alpha value is -2.28. The molecule has 4 nitrogen and oxygen atoms in total. The minimum absolute atomic E-state index is 0.0866. The molecule has 4 saturated carbocycles. The number of aromatic carboxylic acids is 2. The van der Waals surface area contributed by atoms with Gasteiger partial charge in [0.25, 0.3) is 0 Å². The number of hydrogen-bond donors (Lipinski definition) is 2. The van der Waals surface area contributed by atoms with Gasteiger partial charge in [0.2, 0.25) is 0 Å². The van der Waals surface area contributed by atoms with Gasteiger partial charge < -0.3 is 10.2 Å². The fourth-order valence-electron chi connectivity index (χ4n) is 5.99. The third-order valence-electron chi connectivity index (χ3n) is 7.38. The molecule has 5 rings (SSSR count). The molecule has 0 aliphatic heterocycles. The molecule has 4 heteroatoms. The predicted octanol–water partition coefficient (Wildman–Crippen LogP) is 4.29. The lowest BCUT2D eigenvalue weighted by Crippen LogP contribution is -2.56. The van der Waals surface area contributed by atoms with Crippen molar-refractivity contribution in [2.45, 2.75) is 46.0 Å². The molecule has 4 aliphatic carbocycles. The van der Waals surface area contributed by atoms with Crippen LogP contribution in [-0.4, -0.2) is 22.2 Å². The van der Waals surface area contributed by atoms with Gasteiger partial charge in [0.15, 0.2) is 0 Å². The highest BCUT2D eigenvalue weighted by Gasteiger charge is 2.60. The predicted molar refractivity (Wildman–Crippen MR) is 97.0 cm³/mol. The third-order valence-corrected chi connectivity index (χ3v) is 7.38. The van der Waals surface area contributed by atoms with E-state index in [1.165, 1.54) is 25.3 Å². The summed E-state index contributed by atoms with van der Waals surface area (Å²) >= 11 is 0. The van der Waals surface area contributed by atoms with E-state index >= 15 is 0 Å². The molecule has 0 spiro atoms. The first-order valence-corrected chi connectivity index (χ1v) is 9.36. The summed E-state index contributed by atoms with van der Waals surface area (Å²) in [5.41, 5.74) is -0.0640. The van der Waals surface area contributed by atoms with Crippen LogP contribution in [0.25, 0.3) is 0 Å². The molecule has 0 heterocycles. The highest BCUT2D eigenvalue weighted by Crippen LogP contribution is 2.68. The summed E-state index contributed by atoms with van der Waals surface area (Å²) in [6.45, 7) is 4.63. The number of carboxylic acid groups (broad SMARTS) is 2. The molecule has 1 aromatic carbocycles. The van der Waals surface area contributed by atoms with Gasteiger partial charge in [-0.1, -0.05) is 31.8 Å². The van der Waals surface area contributed by atoms with Gasteiger partial charge in [0.1, 0.15) is 0 Å². The van der Waals surface area contributed by atoms with Crippen LogP contribution in [0.15, 0.2) is 18.2 Å². The smallest absolute Gasteiger partial charge is 0.337 e. The largest absolute Gasteiger partial charge is 0.478 e. The van der Waals surface area contributed by atoms with E-state index in [1.54, 1.807) is 12.1 Å². The molecule has 0 amide bonds. The summed E-state index contributed by atoms with van der Waals surface area (Å²) < 4.78 is 0. The van der Waals surface area contributed by atoms with Crippen molar-refractivity contribution < 1.29 is 19.8 Å². The molecule has 0 saturated heterocycles. The molecule has 26 heavy (non-hydrogen) atoms. The van der Waals surface area contributed by atoms with E-state index in [2.05, 4.69) is 25.7 Å². The Balaban J connectivity index is 1.80. The third kappa shape index (κ3) is 2.37. The summed E-state index contributed by atoms with van der Waals surface area (Å²) in [7, 11) is 0. The molecule has 2 unspecified atom stereocenters. The quantitative estimate of drug-likeness (QED) is 0.779. The van der Waals surface area contributed by atoms with Gasteiger partial charge in [0, 0.05) is 11.0 Å². The summed E-state index contributed by atoms with van der Waals surface area (Å²) in [5, 5.41) is 18.8. The van der Waals surface area contributed by atoms with Crippen LogP contribution in [0, 0.1) is 40.4 Å². The Kier molecular flexibility index (Phi) is 3.70. The summed E-state index contributed by atoms with van der Waals surface area (Å²) in [6.07, 6.45) is 6.07. The fraction of sp³-hybridized carbons (Fsp3) is 0.545. The maximum absolute atomic E-state index is 11.7. The average molecular weight is 352 g/mol. The van der Waals surface area contributed by atoms with E-state index in [1.807, 2.05) is 0 Å². The highest BCUT2D eigenvalue weighted by atomic mass is 16.4. The van der Waals surface area contributed by atoms with Crippen molar-refractivity contribution in [1.29, 1.82) is 0 Å². The molecular formula is C22H24O4. The van der Waals surface area contributed by atoms with E-state index < -0.39 is 11.9 Å². The van der Waals surface area contributed by atoms with Crippen molar-refractivity contribution in [1.82, 2.24) is 0 Å². The zero-order chi connectivity index (χ0) is 18.7. The normalized spacial score (nSPS) is 33.4. The second kappa shape index (κ2) is 5.61. The lowest BCUT2D eigenvalue weighted by atomic mass is 9.40. The van der Waals surface area contributed by atoms with Gasteiger partial charge in [-0.3, -0.25) is 0 Å². The topological polar surface area (TPSA) is 74.6 Å². The molecule has 2 N–H and O–H groups in total. The zero-order valence-electron chi connectivity index (χ0n) is 15.2. The molecule has 2 atom stereocenters. The second-order valence-corrected chi connectivity index (χ2v) is 8.94. The van der Waals surface area contributed by atoms with Crippen LogP contribution in [0.2, 0.25) is 0 Å². The van der Waals surface area contributed by atoms with Crippen molar-refractivity contribution in [3.8, 4) is 11.8 Å².